The number of rotatable bonds is 4. The summed E-state index contributed by atoms with van der Waals surface area (Å²) in [4.78, 5) is 29.2. The molecule has 0 aliphatic carbocycles. The summed E-state index contributed by atoms with van der Waals surface area (Å²) < 4.78 is 0. The Labute approximate surface area is 127 Å². The maximum absolute atomic E-state index is 12.0. The van der Waals surface area contributed by atoms with Gasteiger partial charge in [0.2, 0.25) is 5.91 Å². The normalized spacial score (nSPS) is 13.8. The summed E-state index contributed by atoms with van der Waals surface area (Å²) >= 11 is 1.23. The molecule has 2 rings (SSSR count). The molecule has 1 N–H and O–H groups in total. The van der Waals surface area contributed by atoms with Gasteiger partial charge in [-0.2, -0.15) is 0 Å². The van der Waals surface area contributed by atoms with Crippen LogP contribution in [0.1, 0.15) is 5.56 Å². The van der Waals surface area contributed by atoms with Gasteiger partial charge in [-0.15, -0.1) is 6.42 Å². The number of anilines is 1. The summed E-state index contributed by atoms with van der Waals surface area (Å²) in [6.07, 6.45) is 5.08. The lowest BCUT2D eigenvalue weighted by molar-refractivity contribution is -0.118. The van der Waals surface area contributed by atoms with Gasteiger partial charge in [-0.25, -0.2) is 0 Å². The Hall–Kier alpha value is -2.26. The van der Waals surface area contributed by atoms with Gasteiger partial charge in [-0.3, -0.25) is 19.5 Å². The van der Waals surface area contributed by atoms with Gasteiger partial charge in [0.1, 0.15) is 6.54 Å². The molecule has 6 heteroatoms. The number of carbonyl (C=O) groups excluding carboxylic acids is 2. The van der Waals surface area contributed by atoms with Crippen molar-refractivity contribution in [3.63, 3.8) is 0 Å². The van der Waals surface area contributed by atoms with Gasteiger partial charge >= 0.3 is 0 Å². The van der Waals surface area contributed by atoms with Gasteiger partial charge in [0, 0.05) is 0 Å². The first kappa shape index (κ1) is 15.1. The summed E-state index contributed by atoms with van der Waals surface area (Å²) in [6.45, 7) is 2.30. The van der Waals surface area contributed by atoms with E-state index in [0.29, 0.717) is 5.17 Å². The lowest BCUT2D eigenvalue weighted by Crippen LogP contribution is -2.32. The Morgan fingerprint density at radius 3 is 2.86 bits per heavy atom. The molecular weight excluding hydrogens is 286 g/mol. The number of amidine groups is 1. The predicted molar refractivity (Wildman–Crippen MR) is 85.3 cm³/mol. The number of benzene rings is 1. The first-order valence-electron chi connectivity index (χ1n) is 6.39. The molecule has 1 aromatic rings. The summed E-state index contributed by atoms with van der Waals surface area (Å²) in [5.74, 6) is 2.25. The van der Waals surface area contributed by atoms with Gasteiger partial charge in [0.05, 0.1) is 18.0 Å². The molecule has 5 nitrogen and oxygen atoms in total. The highest BCUT2D eigenvalue weighted by molar-refractivity contribution is 8.14. The Bertz CT molecular complexity index is 617. The first-order valence-corrected chi connectivity index (χ1v) is 7.37. The van der Waals surface area contributed by atoms with Crippen molar-refractivity contribution < 1.29 is 9.59 Å². The van der Waals surface area contributed by atoms with Crippen LogP contribution in [0.25, 0.3) is 0 Å². The van der Waals surface area contributed by atoms with Crippen LogP contribution in [0.4, 0.5) is 5.69 Å². The quantitative estimate of drug-likeness (QED) is 0.850. The SMILES string of the molecule is C#CCNC(=O)CSC1=NCC(=O)N1c1ccc(C)cc1. The van der Waals surface area contributed by atoms with E-state index >= 15 is 0 Å². The lowest BCUT2D eigenvalue weighted by atomic mass is 10.2. The molecule has 0 bridgehead atoms. The second kappa shape index (κ2) is 6.95. The molecule has 0 saturated heterocycles. The van der Waals surface area contributed by atoms with Crippen LogP contribution >= 0.6 is 11.8 Å². The highest BCUT2D eigenvalue weighted by Gasteiger charge is 2.27. The Balaban J connectivity index is 2.02. The van der Waals surface area contributed by atoms with Crippen molar-refractivity contribution in [3.8, 4) is 12.3 Å². The van der Waals surface area contributed by atoms with Crippen molar-refractivity contribution in [2.45, 2.75) is 6.92 Å². The minimum atomic E-state index is -0.177. The van der Waals surface area contributed by atoms with Gasteiger partial charge in [-0.1, -0.05) is 35.4 Å². The van der Waals surface area contributed by atoms with E-state index in [1.807, 2.05) is 31.2 Å². The predicted octanol–water partition coefficient (Wildman–Crippen LogP) is 1.18. The number of terminal acetylenes is 1. The maximum atomic E-state index is 12.0. The topological polar surface area (TPSA) is 61.8 Å². The van der Waals surface area contributed by atoms with Crippen LogP contribution in [-0.4, -0.2) is 35.8 Å². The number of aryl methyl sites for hydroxylation is 1. The van der Waals surface area contributed by atoms with Crippen molar-refractivity contribution >= 4 is 34.4 Å². The summed E-state index contributed by atoms with van der Waals surface area (Å²) in [5.41, 5.74) is 1.88. The third-order valence-electron chi connectivity index (χ3n) is 2.80. The van der Waals surface area contributed by atoms with E-state index < -0.39 is 0 Å². The average molecular weight is 301 g/mol. The van der Waals surface area contributed by atoms with E-state index in [1.165, 1.54) is 11.8 Å². The summed E-state index contributed by atoms with van der Waals surface area (Å²) in [6, 6.07) is 7.60. The monoisotopic (exact) mass is 301 g/mol. The van der Waals surface area contributed by atoms with Crippen LogP contribution in [0.15, 0.2) is 29.3 Å². The van der Waals surface area contributed by atoms with Gasteiger partial charge in [-0.05, 0) is 19.1 Å². The van der Waals surface area contributed by atoms with E-state index in [0.717, 1.165) is 11.3 Å². The fraction of sp³-hybridized carbons (Fsp3) is 0.267. The Morgan fingerprint density at radius 2 is 2.19 bits per heavy atom. The minimum Gasteiger partial charge on any atom is -0.344 e. The van der Waals surface area contributed by atoms with E-state index in [2.05, 4.69) is 16.2 Å². The lowest BCUT2D eigenvalue weighted by Gasteiger charge is -2.18. The standard InChI is InChI=1S/C15H15N3O2S/c1-3-8-16-13(19)10-21-15-17-9-14(20)18(15)12-6-4-11(2)5-7-12/h1,4-7H,8-10H2,2H3,(H,16,19). The van der Waals surface area contributed by atoms with E-state index in [1.54, 1.807) is 4.90 Å². The molecule has 1 aliphatic heterocycles. The molecule has 0 spiro atoms. The van der Waals surface area contributed by atoms with Crippen molar-refractivity contribution in [3.05, 3.63) is 29.8 Å². The summed E-state index contributed by atoms with van der Waals surface area (Å²) in [7, 11) is 0. The highest BCUT2D eigenvalue weighted by atomic mass is 32.2. The van der Waals surface area contributed by atoms with E-state index in [9.17, 15) is 9.59 Å². The zero-order valence-corrected chi connectivity index (χ0v) is 12.4. The third-order valence-corrected chi connectivity index (χ3v) is 3.78. The molecule has 0 atom stereocenters. The van der Waals surface area contributed by atoms with Gasteiger partial charge in [0.25, 0.3) is 5.91 Å². The molecule has 2 amide bonds. The number of hydrogen-bond donors (Lipinski definition) is 1. The number of nitrogens with zero attached hydrogens (tertiary/aromatic N) is 2. The fourth-order valence-corrected chi connectivity index (χ4v) is 2.63. The molecule has 0 unspecified atom stereocenters. The molecule has 0 radical (unpaired) electrons. The van der Waals surface area contributed by atoms with Crippen molar-refractivity contribution in [2.75, 3.05) is 23.7 Å². The molecular formula is C15H15N3O2S. The van der Waals surface area contributed by atoms with Crippen LogP contribution in [-0.2, 0) is 9.59 Å². The van der Waals surface area contributed by atoms with Crippen LogP contribution in [0.5, 0.6) is 0 Å². The number of nitrogens with one attached hydrogen (secondary N) is 1. The van der Waals surface area contributed by atoms with Gasteiger partial charge in [0.15, 0.2) is 5.17 Å². The molecule has 21 heavy (non-hydrogen) atoms. The molecule has 108 valence electrons. The molecule has 1 aromatic carbocycles. The van der Waals surface area contributed by atoms with Crippen LogP contribution in [0.3, 0.4) is 0 Å². The largest absolute Gasteiger partial charge is 0.344 e. The highest BCUT2D eigenvalue weighted by Crippen LogP contribution is 2.24. The first-order chi connectivity index (χ1) is 10.1. The molecule has 0 saturated carbocycles. The third kappa shape index (κ3) is 3.86. The Kier molecular flexibility index (Phi) is 5.01. The smallest absolute Gasteiger partial charge is 0.254 e. The van der Waals surface area contributed by atoms with Crippen LogP contribution in [0.2, 0.25) is 0 Å². The second-order valence-electron chi connectivity index (χ2n) is 4.43. The number of thioether (sulfide) groups is 1. The minimum absolute atomic E-state index is 0.0922. The zero-order valence-electron chi connectivity index (χ0n) is 11.6. The number of amides is 2. The van der Waals surface area contributed by atoms with Crippen molar-refractivity contribution in [2.24, 2.45) is 4.99 Å². The van der Waals surface area contributed by atoms with E-state index in [-0.39, 0.29) is 30.7 Å². The molecule has 1 heterocycles. The van der Waals surface area contributed by atoms with Crippen LogP contribution < -0.4 is 10.2 Å². The average Bonchev–Trinajstić information content (AvgIpc) is 2.85. The molecule has 0 fully saturated rings. The Morgan fingerprint density at radius 1 is 1.48 bits per heavy atom. The van der Waals surface area contributed by atoms with E-state index in [4.69, 9.17) is 6.42 Å². The number of hydrogen-bond acceptors (Lipinski definition) is 4. The number of aliphatic imine (C=N–C) groups is 1. The zero-order chi connectivity index (χ0) is 15.2. The summed E-state index contributed by atoms with van der Waals surface area (Å²) in [5, 5.41) is 3.12. The molecule has 0 aromatic heterocycles. The second-order valence-corrected chi connectivity index (χ2v) is 5.38. The molecule has 1 aliphatic rings. The number of carbonyl (C=O) groups is 2. The van der Waals surface area contributed by atoms with Crippen molar-refractivity contribution in [1.29, 1.82) is 0 Å². The van der Waals surface area contributed by atoms with Gasteiger partial charge < -0.3 is 5.32 Å². The fourth-order valence-electron chi connectivity index (χ4n) is 1.77. The van der Waals surface area contributed by atoms with Crippen LogP contribution in [0, 0.1) is 19.3 Å². The maximum Gasteiger partial charge on any atom is 0.254 e. The van der Waals surface area contributed by atoms with Crippen molar-refractivity contribution in [1.82, 2.24) is 5.32 Å².